The highest BCUT2D eigenvalue weighted by molar-refractivity contribution is 7.89. The van der Waals surface area contributed by atoms with E-state index in [-0.39, 0.29) is 10.3 Å². The van der Waals surface area contributed by atoms with Crippen LogP contribution in [-0.2, 0) is 21.3 Å². The molecule has 1 aromatic carbocycles. The third-order valence-corrected chi connectivity index (χ3v) is 6.22. The number of aliphatic imine (C=N–C) groups is 1. The summed E-state index contributed by atoms with van der Waals surface area (Å²) in [5.74, 6) is 0.778. The van der Waals surface area contributed by atoms with Gasteiger partial charge in [-0.15, -0.1) is 0 Å². The van der Waals surface area contributed by atoms with Gasteiger partial charge in [-0.2, -0.15) is 0 Å². The summed E-state index contributed by atoms with van der Waals surface area (Å²) in [5, 5.41) is 11.9. The van der Waals surface area contributed by atoms with Gasteiger partial charge in [0.15, 0.2) is 5.96 Å². The number of nitrogens with two attached hydrogens (primary N) is 1. The minimum Gasteiger partial charge on any atom is -0.382 e. The van der Waals surface area contributed by atoms with Gasteiger partial charge in [0, 0.05) is 26.3 Å². The van der Waals surface area contributed by atoms with E-state index >= 15 is 0 Å². The Labute approximate surface area is 169 Å². The largest absolute Gasteiger partial charge is 0.382 e. The number of benzene rings is 1. The van der Waals surface area contributed by atoms with Crippen molar-refractivity contribution in [2.24, 2.45) is 15.5 Å². The van der Waals surface area contributed by atoms with E-state index in [1.807, 2.05) is 13.8 Å². The standard InChI is InChI=1S/C20H34N4O3S/c1-3-22-19(23-15-17-7-9-18(10-8-17)28(21,25)26)24-16-20(11-5-6-12-20)13-14-27-4-2/h7-10H,3-6,11-16H2,1-2H3,(H2,21,25,26)(H2,22,23,24). The lowest BCUT2D eigenvalue weighted by molar-refractivity contribution is 0.105. The summed E-state index contributed by atoms with van der Waals surface area (Å²) in [7, 11) is -3.66. The molecule has 28 heavy (non-hydrogen) atoms. The van der Waals surface area contributed by atoms with Crippen LogP contribution in [0.4, 0.5) is 0 Å². The molecule has 1 fully saturated rings. The lowest BCUT2D eigenvalue weighted by atomic mass is 9.83. The van der Waals surface area contributed by atoms with Crippen LogP contribution in [0.3, 0.4) is 0 Å². The van der Waals surface area contributed by atoms with Crippen molar-refractivity contribution >= 4 is 16.0 Å². The highest BCUT2D eigenvalue weighted by Gasteiger charge is 2.33. The van der Waals surface area contributed by atoms with Gasteiger partial charge in [-0.25, -0.2) is 18.5 Å². The van der Waals surface area contributed by atoms with Crippen LogP contribution in [0.1, 0.15) is 51.5 Å². The quantitative estimate of drug-likeness (QED) is 0.312. The number of nitrogens with one attached hydrogen (secondary N) is 2. The maximum absolute atomic E-state index is 11.4. The molecule has 8 heteroatoms. The molecule has 0 amide bonds. The second-order valence-corrected chi connectivity index (χ2v) is 8.95. The predicted octanol–water partition coefficient (Wildman–Crippen LogP) is 2.38. The molecule has 1 aliphatic rings. The predicted molar refractivity (Wildman–Crippen MR) is 113 cm³/mol. The molecule has 0 saturated heterocycles. The number of nitrogens with zero attached hydrogens (tertiary/aromatic N) is 1. The summed E-state index contributed by atoms with van der Waals surface area (Å²) in [6, 6.07) is 6.52. The van der Waals surface area contributed by atoms with Crippen molar-refractivity contribution in [3.8, 4) is 0 Å². The SMILES string of the molecule is CCNC(=NCc1ccc(S(N)(=O)=O)cc1)NCC1(CCOCC)CCCC1. The van der Waals surface area contributed by atoms with Crippen LogP contribution in [0.2, 0.25) is 0 Å². The smallest absolute Gasteiger partial charge is 0.238 e. The average molecular weight is 411 g/mol. The molecule has 0 heterocycles. The Morgan fingerprint density at radius 3 is 2.43 bits per heavy atom. The summed E-state index contributed by atoms with van der Waals surface area (Å²) < 4.78 is 28.3. The van der Waals surface area contributed by atoms with Gasteiger partial charge in [0.05, 0.1) is 11.4 Å². The molecular formula is C20H34N4O3S. The number of hydrogen-bond donors (Lipinski definition) is 3. The first-order chi connectivity index (χ1) is 13.4. The number of rotatable bonds is 10. The van der Waals surface area contributed by atoms with Crippen LogP contribution >= 0.6 is 0 Å². The van der Waals surface area contributed by atoms with Gasteiger partial charge >= 0.3 is 0 Å². The molecule has 2 rings (SSSR count). The molecule has 0 aromatic heterocycles. The molecular weight excluding hydrogens is 376 g/mol. The van der Waals surface area contributed by atoms with Crippen molar-refractivity contribution in [1.29, 1.82) is 0 Å². The van der Waals surface area contributed by atoms with Gasteiger partial charge in [0.2, 0.25) is 10.0 Å². The Balaban J connectivity index is 1.97. The molecule has 1 aliphatic carbocycles. The highest BCUT2D eigenvalue weighted by Crippen LogP contribution is 2.40. The van der Waals surface area contributed by atoms with Crippen molar-refractivity contribution in [2.75, 3.05) is 26.3 Å². The number of guanidine groups is 1. The van der Waals surface area contributed by atoms with Gasteiger partial charge in [0.25, 0.3) is 0 Å². The Morgan fingerprint density at radius 2 is 1.86 bits per heavy atom. The lowest BCUT2D eigenvalue weighted by Gasteiger charge is -2.30. The highest BCUT2D eigenvalue weighted by atomic mass is 32.2. The third kappa shape index (κ3) is 7.07. The van der Waals surface area contributed by atoms with Gasteiger partial charge in [0.1, 0.15) is 0 Å². The second kappa shape index (κ2) is 10.8. The van der Waals surface area contributed by atoms with E-state index in [0.29, 0.717) is 6.54 Å². The summed E-state index contributed by atoms with van der Waals surface area (Å²) in [5.41, 5.74) is 1.21. The van der Waals surface area contributed by atoms with E-state index in [2.05, 4.69) is 15.6 Å². The van der Waals surface area contributed by atoms with Crippen LogP contribution in [-0.4, -0.2) is 40.7 Å². The number of primary sulfonamides is 1. The summed E-state index contributed by atoms with van der Waals surface area (Å²) in [6.07, 6.45) is 6.07. The van der Waals surface area contributed by atoms with E-state index in [1.54, 1.807) is 12.1 Å². The van der Waals surface area contributed by atoms with Crippen LogP contribution in [0.25, 0.3) is 0 Å². The van der Waals surface area contributed by atoms with Crippen LogP contribution in [0.5, 0.6) is 0 Å². The maximum Gasteiger partial charge on any atom is 0.238 e. The Hall–Kier alpha value is -1.64. The minimum atomic E-state index is -3.66. The fourth-order valence-corrected chi connectivity index (χ4v) is 4.16. The zero-order valence-electron chi connectivity index (χ0n) is 17.0. The lowest BCUT2D eigenvalue weighted by Crippen LogP contribution is -2.43. The molecule has 0 bridgehead atoms. The monoisotopic (exact) mass is 410 g/mol. The Morgan fingerprint density at radius 1 is 1.18 bits per heavy atom. The molecule has 0 aliphatic heterocycles. The number of hydrogen-bond acceptors (Lipinski definition) is 4. The Bertz CT molecular complexity index is 726. The zero-order chi connectivity index (χ0) is 20.5. The fourth-order valence-electron chi connectivity index (χ4n) is 3.64. The van der Waals surface area contributed by atoms with Crippen molar-refractivity contribution in [3.63, 3.8) is 0 Å². The molecule has 7 nitrogen and oxygen atoms in total. The van der Waals surface area contributed by atoms with E-state index in [9.17, 15) is 8.42 Å². The van der Waals surface area contributed by atoms with Crippen molar-refractivity contribution < 1.29 is 13.2 Å². The number of sulfonamides is 1. The molecule has 0 spiro atoms. The fraction of sp³-hybridized carbons (Fsp3) is 0.650. The zero-order valence-corrected chi connectivity index (χ0v) is 17.9. The second-order valence-electron chi connectivity index (χ2n) is 7.39. The molecule has 0 unspecified atom stereocenters. The van der Waals surface area contributed by atoms with Gasteiger partial charge in [-0.05, 0) is 56.2 Å². The van der Waals surface area contributed by atoms with Crippen LogP contribution in [0, 0.1) is 5.41 Å². The van der Waals surface area contributed by atoms with Crippen LogP contribution < -0.4 is 15.8 Å². The first kappa shape index (κ1) is 22.6. The molecule has 0 radical (unpaired) electrons. The van der Waals surface area contributed by atoms with Gasteiger partial charge < -0.3 is 15.4 Å². The molecule has 1 aromatic rings. The first-order valence-electron chi connectivity index (χ1n) is 10.1. The van der Waals surface area contributed by atoms with Gasteiger partial charge in [-0.1, -0.05) is 25.0 Å². The summed E-state index contributed by atoms with van der Waals surface area (Å²) >= 11 is 0. The molecule has 0 atom stereocenters. The number of ether oxygens (including phenoxy) is 1. The van der Waals surface area contributed by atoms with Crippen molar-refractivity contribution in [2.45, 2.75) is 57.4 Å². The van der Waals surface area contributed by atoms with Crippen LogP contribution in [0.15, 0.2) is 34.2 Å². The summed E-state index contributed by atoms with van der Waals surface area (Å²) in [6.45, 7) is 7.77. The first-order valence-corrected chi connectivity index (χ1v) is 11.6. The summed E-state index contributed by atoms with van der Waals surface area (Å²) in [4.78, 5) is 4.76. The van der Waals surface area contributed by atoms with E-state index in [4.69, 9.17) is 9.88 Å². The van der Waals surface area contributed by atoms with Crippen molar-refractivity contribution in [3.05, 3.63) is 29.8 Å². The molecule has 4 N–H and O–H groups in total. The maximum atomic E-state index is 11.4. The molecule has 1 saturated carbocycles. The van der Waals surface area contributed by atoms with Gasteiger partial charge in [-0.3, -0.25) is 0 Å². The van der Waals surface area contributed by atoms with E-state index < -0.39 is 10.0 Å². The normalized spacial score (nSPS) is 16.9. The van der Waals surface area contributed by atoms with Crippen molar-refractivity contribution in [1.82, 2.24) is 10.6 Å². The third-order valence-electron chi connectivity index (χ3n) is 5.29. The molecule has 158 valence electrons. The topological polar surface area (TPSA) is 106 Å². The van der Waals surface area contributed by atoms with E-state index in [0.717, 1.165) is 44.2 Å². The minimum absolute atomic E-state index is 0.114. The Kier molecular flexibility index (Phi) is 8.72. The van der Waals surface area contributed by atoms with E-state index in [1.165, 1.54) is 37.8 Å². The average Bonchev–Trinajstić information content (AvgIpc) is 3.13.